The highest BCUT2D eigenvalue weighted by atomic mass is 127. The first-order valence-electron chi connectivity index (χ1n) is 8.31. The van der Waals surface area contributed by atoms with Crippen LogP contribution in [0.25, 0.3) is 0 Å². The molecule has 0 aliphatic heterocycles. The largest absolute Gasteiger partial charge is 0.356 e. The minimum absolute atomic E-state index is 0. The first kappa shape index (κ1) is 26.1. The number of nitrogens with one attached hydrogen (secondary N) is 3. The summed E-state index contributed by atoms with van der Waals surface area (Å²) in [5.41, 5.74) is 1.77. The van der Waals surface area contributed by atoms with Gasteiger partial charge in [0.25, 0.3) is 0 Å². The van der Waals surface area contributed by atoms with Gasteiger partial charge in [-0.2, -0.15) is 0 Å². The van der Waals surface area contributed by atoms with Crippen molar-refractivity contribution in [2.45, 2.75) is 32.7 Å². The second-order valence-corrected chi connectivity index (χ2v) is 9.40. The summed E-state index contributed by atoms with van der Waals surface area (Å²) in [6.07, 6.45) is 1.99. The van der Waals surface area contributed by atoms with Gasteiger partial charge in [-0.1, -0.05) is 22.0 Å². The average molecular weight is 575 g/mol. The maximum Gasteiger partial charge on any atom is 0.226 e. The summed E-state index contributed by atoms with van der Waals surface area (Å²) in [6.45, 7) is 4.24. The average Bonchev–Trinajstić information content (AvgIpc) is 2.54. The lowest BCUT2D eigenvalue weighted by atomic mass is 10.2. The Morgan fingerprint density at radius 2 is 2.00 bits per heavy atom. The predicted octanol–water partition coefficient (Wildman–Crippen LogP) is 2.69. The van der Waals surface area contributed by atoms with Gasteiger partial charge in [-0.05, 0) is 38.0 Å². The van der Waals surface area contributed by atoms with Crippen molar-refractivity contribution < 1.29 is 13.2 Å². The van der Waals surface area contributed by atoms with Crippen molar-refractivity contribution in [2.24, 2.45) is 4.99 Å². The zero-order valence-corrected chi connectivity index (χ0v) is 20.7. The van der Waals surface area contributed by atoms with Gasteiger partial charge in [0, 0.05) is 42.5 Å². The Morgan fingerprint density at radius 3 is 2.59 bits per heavy atom. The number of carbonyl (C=O) groups excluding carboxylic acids is 1. The maximum absolute atomic E-state index is 12.1. The number of hydrogen-bond acceptors (Lipinski definition) is 4. The van der Waals surface area contributed by atoms with Gasteiger partial charge >= 0.3 is 0 Å². The van der Waals surface area contributed by atoms with Crippen LogP contribution in [0.3, 0.4) is 0 Å². The molecule has 1 amide bonds. The van der Waals surface area contributed by atoms with Crippen LogP contribution in [0.5, 0.6) is 0 Å². The van der Waals surface area contributed by atoms with E-state index >= 15 is 0 Å². The Kier molecular flexibility index (Phi) is 12.1. The maximum atomic E-state index is 12.1. The molecular formula is C17H28BrIN4O3S. The number of nitrogens with zero attached hydrogens (tertiary/aromatic N) is 1. The molecule has 0 fully saturated rings. The normalized spacial score (nSPS) is 12.7. The van der Waals surface area contributed by atoms with E-state index < -0.39 is 9.84 Å². The zero-order valence-electron chi connectivity index (χ0n) is 16.0. The summed E-state index contributed by atoms with van der Waals surface area (Å²) >= 11 is 3.39. The first-order chi connectivity index (χ1) is 12.1. The fraction of sp³-hybridized carbons (Fsp3) is 0.529. The summed E-state index contributed by atoms with van der Waals surface area (Å²) in [6, 6.07) is 5.67. The van der Waals surface area contributed by atoms with Crippen LogP contribution in [0.4, 0.5) is 5.69 Å². The Hall–Kier alpha value is -0.880. The summed E-state index contributed by atoms with van der Waals surface area (Å²) in [7, 11) is -1.35. The van der Waals surface area contributed by atoms with E-state index in [0.29, 0.717) is 18.9 Å². The first-order valence-corrected chi connectivity index (χ1v) is 11.2. The molecule has 10 heteroatoms. The van der Waals surface area contributed by atoms with Gasteiger partial charge in [0.2, 0.25) is 5.91 Å². The number of rotatable bonds is 8. The molecule has 0 saturated heterocycles. The minimum Gasteiger partial charge on any atom is -0.356 e. The number of amides is 1. The van der Waals surface area contributed by atoms with E-state index in [2.05, 4.69) is 36.9 Å². The van der Waals surface area contributed by atoms with Gasteiger partial charge < -0.3 is 16.0 Å². The molecule has 0 heterocycles. The second kappa shape index (κ2) is 12.6. The van der Waals surface area contributed by atoms with Gasteiger partial charge in [0.15, 0.2) is 5.96 Å². The van der Waals surface area contributed by atoms with Crippen molar-refractivity contribution in [3.8, 4) is 0 Å². The molecule has 7 nitrogen and oxygen atoms in total. The lowest BCUT2D eigenvalue weighted by molar-refractivity contribution is -0.116. The van der Waals surface area contributed by atoms with Gasteiger partial charge in [0.05, 0.1) is 5.75 Å². The number of benzene rings is 1. The van der Waals surface area contributed by atoms with Crippen molar-refractivity contribution >= 4 is 67.3 Å². The fourth-order valence-electron chi connectivity index (χ4n) is 2.13. The molecule has 1 aromatic carbocycles. The van der Waals surface area contributed by atoms with Gasteiger partial charge in [-0.3, -0.25) is 9.79 Å². The zero-order chi connectivity index (χ0) is 19.7. The third-order valence-corrected chi connectivity index (χ3v) is 5.12. The van der Waals surface area contributed by atoms with E-state index in [4.69, 9.17) is 0 Å². The Balaban J connectivity index is 0.00000676. The highest BCUT2D eigenvalue weighted by Crippen LogP contribution is 2.20. The van der Waals surface area contributed by atoms with Crippen LogP contribution < -0.4 is 16.0 Å². The Morgan fingerprint density at radius 1 is 1.33 bits per heavy atom. The van der Waals surface area contributed by atoms with Crippen molar-refractivity contribution in [3.05, 3.63) is 28.2 Å². The summed E-state index contributed by atoms with van der Waals surface area (Å²) < 4.78 is 23.3. The van der Waals surface area contributed by atoms with E-state index in [-0.39, 0.29) is 48.1 Å². The van der Waals surface area contributed by atoms with Crippen LogP contribution in [-0.2, 0) is 14.6 Å². The van der Waals surface area contributed by atoms with Gasteiger partial charge in [-0.15, -0.1) is 24.0 Å². The molecule has 0 bridgehead atoms. The Labute approximate surface area is 187 Å². The van der Waals surface area contributed by atoms with Crippen molar-refractivity contribution in [3.63, 3.8) is 0 Å². The quantitative estimate of drug-likeness (QED) is 0.252. The molecule has 27 heavy (non-hydrogen) atoms. The molecule has 1 aromatic rings. The van der Waals surface area contributed by atoms with Crippen molar-refractivity contribution in [1.29, 1.82) is 0 Å². The number of guanidine groups is 1. The van der Waals surface area contributed by atoms with Crippen LogP contribution in [0.2, 0.25) is 0 Å². The number of anilines is 1. The SMILES string of the molecule is CN=C(NCCC(=O)Nc1cc(Br)ccc1C)NC(C)CCS(C)(=O)=O.I. The molecular weight excluding hydrogens is 547 g/mol. The van der Waals surface area contributed by atoms with Crippen LogP contribution >= 0.6 is 39.9 Å². The summed E-state index contributed by atoms with van der Waals surface area (Å²) in [5, 5.41) is 9.06. The number of halogens is 2. The predicted molar refractivity (Wildman–Crippen MR) is 126 cm³/mol. The molecule has 1 unspecified atom stereocenters. The van der Waals surface area contributed by atoms with Gasteiger partial charge in [-0.25, -0.2) is 8.42 Å². The van der Waals surface area contributed by atoms with E-state index in [1.54, 1.807) is 7.05 Å². The third-order valence-electron chi connectivity index (χ3n) is 3.65. The molecule has 154 valence electrons. The topological polar surface area (TPSA) is 99.7 Å². The van der Waals surface area contributed by atoms with Crippen molar-refractivity contribution in [1.82, 2.24) is 10.6 Å². The highest BCUT2D eigenvalue weighted by Gasteiger charge is 2.10. The molecule has 3 N–H and O–H groups in total. The highest BCUT2D eigenvalue weighted by molar-refractivity contribution is 14.0. The van der Waals surface area contributed by atoms with E-state index in [9.17, 15) is 13.2 Å². The molecule has 0 saturated carbocycles. The molecule has 0 spiro atoms. The Bertz CT molecular complexity index is 757. The molecule has 0 aliphatic rings. The second-order valence-electron chi connectivity index (χ2n) is 6.22. The van der Waals surface area contributed by atoms with Crippen LogP contribution in [0.15, 0.2) is 27.7 Å². The van der Waals surface area contributed by atoms with Gasteiger partial charge in [0.1, 0.15) is 9.84 Å². The third kappa shape index (κ3) is 11.5. The standard InChI is InChI=1S/C17H27BrN4O3S.HI/c1-12-5-6-14(18)11-15(12)22-16(23)7-9-20-17(19-3)21-13(2)8-10-26(4,24)25;/h5-6,11,13H,7-10H2,1-4H3,(H,22,23)(H2,19,20,21);1H. The summed E-state index contributed by atoms with van der Waals surface area (Å²) in [4.78, 5) is 16.2. The van der Waals surface area contributed by atoms with E-state index in [1.165, 1.54) is 6.26 Å². The van der Waals surface area contributed by atoms with Crippen LogP contribution in [-0.4, -0.2) is 51.9 Å². The molecule has 1 rings (SSSR count). The number of aliphatic imine (C=N–C) groups is 1. The number of hydrogen-bond donors (Lipinski definition) is 3. The number of sulfone groups is 1. The lowest BCUT2D eigenvalue weighted by Gasteiger charge is -2.17. The summed E-state index contributed by atoms with van der Waals surface area (Å²) in [5.74, 6) is 0.559. The molecule has 1 atom stereocenters. The smallest absolute Gasteiger partial charge is 0.226 e. The molecule has 0 aromatic heterocycles. The molecule has 0 aliphatic carbocycles. The number of aryl methyl sites for hydroxylation is 1. The number of carbonyl (C=O) groups is 1. The minimum atomic E-state index is -2.98. The lowest BCUT2D eigenvalue weighted by Crippen LogP contribution is -2.43. The molecule has 0 radical (unpaired) electrons. The van der Waals surface area contributed by atoms with Crippen molar-refractivity contribution in [2.75, 3.05) is 30.9 Å². The fourth-order valence-corrected chi connectivity index (χ4v) is 3.27. The van der Waals surface area contributed by atoms with Crippen LogP contribution in [0.1, 0.15) is 25.3 Å². The van der Waals surface area contributed by atoms with Crippen LogP contribution in [0, 0.1) is 6.92 Å². The van der Waals surface area contributed by atoms with E-state index in [1.807, 2.05) is 32.0 Å². The monoisotopic (exact) mass is 574 g/mol. The van der Waals surface area contributed by atoms with E-state index in [0.717, 1.165) is 15.7 Å².